The highest BCUT2D eigenvalue weighted by Gasteiger charge is 2.37. The average Bonchev–Trinajstić information content (AvgIpc) is 2.16. The van der Waals surface area contributed by atoms with Crippen molar-refractivity contribution in [1.29, 1.82) is 0 Å². The standard InChI is InChI=1S/C10H12ClN3O3S/c1-18(16,17)14-5-7(6-14)10(15)13-8-3-2-4-12-9(8)11/h2-4,7H,5-6H2,1H3,(H,13,15). The molecule has 0 aromatic carbocycles. The summed E-state index contributed by atoms with van der Waals surface area (Å²) in [6.07, 6.45) is 2.64. The van der Waals surface area contributed by atoms with Crippen LogP contribution < -0.4 is 5.32 Å². The minimum atomic E-state index is -3.20. The summed E-state index contributed by atoms with van der Waals surface area (Å²) in [5.41, 5.74) is 0.432. The van der Waals surface area contributed by atoms with Crippen molar-refractivity contribution in [2.75, 3.05) is 24.7 Å². The van der Waals surface area contributed by atoms with Gasteiger partial charge in [0.25, 0.3) is 0 Å². The summed E-state index contributed by atoms with van der Waals surface area (Å²) in [5, 5.41) is 2.84. The van der Waals surface area contributed by atoms with Crippen LogP contribution in [0.3, 0.4) is 0 Å². The lowest BCUT2D eigenvalue weighted by atomic mass is 10.0. The number of aromatic nitrogens is 1. The molecule has 0 aliphatic carbocycles. The maximum absolute atomic E-state index is 11.8. The van der Waals surface area contributed by atoms with E-state index in [-0.39, 0.29) is 30.1 Å². The third-order valence-corrected chi connectivity index (χ3v) is 4.24. The Kier molecular flexibility index (Phi) is 3.56. The number of amides is 1. The molecule has 1 aromatic rings. The van der Waals surface area contributed by atoms with Crippen molar-refractivity contribution < 1.29 is 13.2 Å². The molecule has 1 fully saturated rings. The van der Waals surface area contributed by atoms with Crippen LogP contribution >= 0.6 is 11.6 Å². The molecule has 8 heteroatoms. The number of halogens is 1. The first kappa shape index (κ1) is 13.3. The number of carbonyl (C=O) groups excluding carboxylic acids is 1. The molecule has 0 bridgehead atoms. The van der Waals surface area contributed by atoms with E-state index in [1.165, 1.54) is 10.5 Å². The SMILES string of the molecule is CS(=O)(=O)N1CC(C(=O)Nc2cccnc2Cl)C1. The molecule has 0 spiro atoms. The number of rotatable bonds is 3. The molecule has 1 aromatic heterocycles. The fraction of sp³-hybridized carbons (Fsp3) is 0.400. The van der Waals surface area contributed by atoms with Crippen LogP contribution in [-0.4, -0.2) is 43.0 Å². The van der Waals surface area contributed by atoms with E-state index in [4.69, 9.17) is 11.6 Å². The average molecular weight is 290 g/mol. The number of nitrogens with one attached hydrogen (secondary N) is 1. The van der Waals surface area contributed by atoms with Crippen LogP contribution in [0.5, 0.6) is 0 Å². The molecule has 1 N–H and O–H groups in total. The highest BCUT2D eigenvalue weighted by Crippen LogP contribution is 2.23. The summed E-state index contributed by atoms with van der Waals surface area (Å²) in [5.74, 6) is -0.583. The van der Waals surface area contributed by atoms with Gasteiger partial charge in [-0.3, -0.25) is 4.79 Å². The van der Waals surface area contributed by atoms with Crippen LogP contribution in [0.4, 0.5) is 5.69 Å². The largest absolute Gasteiger partial charge is 0.323 e. The molecule has 0 unspecified atom stereocenters. The fourth-order valence-corrected chi connectivity index (χ4v) is 2.66. The van der Waals surface area contributed by atoms with Gasteiger partial charge in [0, 0.05) is 19.3 Å². The molecule has 1 amide bonds. The maximum Gasteiger partial charge on any atom is 0.230 e. The second-order valence-electron chi connectivity index (χ2n) is 4.11. The van der Waals surface area contributed by atoms with E-state index < -0.39 is 10.0 Å². The normalized spacial score (nSPS) is 17.2. The summed E-state index contributed by atoms with van der Waals surface area (Å²) in [4.78, 5) is 15.6. The van der Waals surface area contributed by atoms with Crippen molar-refractivity contribution in [2.24, 2.45) is 5.92 Å². The molecule has 1 aliphatic rings. The first-order chi connectivity index (χ1) is 8.38. The van der Waals surface area contributed by atoms with E-state index in [1.54, 1.807) is 12.1 Å². The van der Waals surface area contributed by atoms with Crippen LogP contribution in [0.15, 0.2) is 18.3 Å². The predicted octanol–water partition coefficient (Wildman–Crippen LogP) is 0.565. The predicted molar refractivity (Wildman–Crippen MR) is 67.8 cm³/mol. The minimum Gasteiger partial charge on any atom is -0.323 e. The Labute approximate surface area is 110 Å². The molecular formula is C10H12ClN3O3S. The Morgan fingerprint density at radius 3 is 2.78 bits per heavy atom. The zero-order valence-corrected chi connectivity index (χ0v) is 11.2. The van der Waals surface area contributed by atoms with Crippen molar-refractivity contribution in [3.8, 4) is 0 Å². The first-order valence-electron chi connectivity index (χ1n) is 5.24. The Morgan fingerprint density at radius 1 is 1.56 bits per heavy atom. The Hall–Kier alpha value is -1.18. The Morgan fingerprint density at radius 2 is 2.22 bits per heavy atom. The molecule has 0 saturated carbocycles. The first-order valence-corrected chi connectivity index (χ1v) is 7.47. The number of sulfonamides is 1. The molecule has 2 heterocycles. The molecular weight excluding hydrogens is 278 g/mol. The van der Waals surface area contributed by atoms with Crippen LogP contribution in [0.1, 0.15) is 0 Å². The minimum absolute atomic E-state index is 0.211. The molecule has 6 nitrogen and oxygen atoms in total. The van der Waals surface area contributed by atoms with Crippen LogP contribution in [-0.2, 0) is 14.8 Å². The van der Waals surface area contributed by atoms with Crippen molar-refractivity contribution >= 4 is 33.2 Å². The smallest absolute Gasteiger partial charge is 0.230 e. The van der Waals surface area contributed by atoms with Crippen molar-refractivity contribution in [1.82, 2.24) is 9.29 Å². The molecule has 1 saturated heterocycles. The van der Waals surface area contributed by atoms with E-state index in [2.05, 4.69) is 10.3 Å². The zero-order chi connectivity index (χ0) is 13.3. The van der Waals surface area contributed by atoms with Crippen molar-refractivity contribution in [2.45, 2.75) is 0 Å². The van der Waals surface area contributed by atoms with Crippen LogP contribution in [0.25, 0.3) is 0 Å². The van der Waals surface area contributed by atoms with Gasteiger partial charge in [-0.05, 0) is 12.1 Å². The number of pyridine rings is 1. The summed E-state index contributed by atoms with van der Waals surface area (Å²) in [7, 11) is -3.20. The lowest BCUT2D eigenvalue weighted by molar-refractivity contribution is -0.122. The Balaban J connectivity index is 1.94. The van der Waals surface area contributed by atoms with E-state index in [1.807, 2.05) is 0 Å². The van der Waals surface area contributed by atoms with Gasteiger partial charge in [-0.15, -0.1) is 0 Å². The van der Waals surface area contributed by atoms with Gasteiger partial charge in [-0.25, -0.2) is 17.7 Å². The van der Waals surface area contributed by atoms with E-state index in [0.717, 1.165) is 6.26 Å². The van der Waals surface area contributed by atoms with Crippen LogP contribution in [0.2, 0.25) is 5.15 Å². The van der Waals surface area contributed by atoms with Gasteiger partial charge >= 0.3 is 0 Å². The lowest BCUT2D eigenvalue weighted by Crippen LogP contribution is -2.53. The third kappa shape index (κ3) is 2.80. The van der Waals surface area contributed by atoms with Gasteiger partial charge in [0.05, 0.1) is 17.9 Å². The Bertz CT molecular complexity index is 569. The van der Waals surface area contributed by atoms with Gasteiger partial charge in [0.2, 0.25) is 15.9 Å². The summed E-state index contributed by atoms with van der Waals surface area (Å²) in [6, 6.07) is 3.30. The fourth-order valence-electron chi connectivity index (χ4n) is 1.59. The molecule has 2 rings (SSSR count). The van der Waals surface area contributed by atoms with E-state index in [9.17, 15) is 13.2 Å². The molecule has 98 valence electrons. The highest BCUT2D eigenvalue weighted by molar-refractivity contribution is 7.88. The molecule has 0 atom stereocenters. The van der Waals surface area contributed by atoms with Gasteiger partial charge in [0.1, 0.15) is 0 Å². The van der Waals surface area contributed by atoms with E-state index in [0.29, 0.717) is 5.69 Å². The molecule has 1 aliphatic heterocycles. The molecule has 0 radical (unpaired) electrons. The van der Waals surface area contributed by atoms with Crippen molar-refractivity contribution in [3.63, 3.8) is 0 Å². The van der Waals surface area contributed by atoms with Gasteiger partial charge in [-0.2, -0.15) is 0 Å². The summed E-state index contributed by atoms with van der Waals surface area (Å²) >= 11 is 5.80. The summed E-state index contributed by atoms with van der Waals surface area (Å²) < 4.78 is 23.6. The monoisotopic (exact) mass is 289 g/mol. The van der Waals surface area contributed by atoms with Gasteiger partial charge in [-0.1, -0.05) is 11.6 Å². The number of anilines is 1. The zero-order valence-electron chi connectivity index (χ0n) is 9.63. The third-order valence-electron chi connectivity index (χ3n) is 2.70. The number of hydrogen-bond donors (Lipinski definition) is 1. The number of nitrogens with zero attached hydrogens (tertiary/aromatic N) is 2. The lowest BCUT2D eigenvalue weighted by Gasteiger charge is -2.35. The topological polar surface area (TPSA) is 79.4 Å². The number of hydrogen-bond acceptors (Lipinski definition) is 4. The highest BCUT2D eigenvalue weighted by atomic mass is 35.5. The maximum atomic E-state index is 11.8. The van der Waals surface area contributed by atoms with E-state index >= 15 is 0 Å². The van der Waals surface area contributed by atoms with Crippen molar-refractivity contribution in [3.05, 3.63) is 23.5 Å². The molecule has 18 heavy (non-hydrogen) atoms. The second-order valence-corrected chi connectivity index (χ2v) is 6.45. The van der Waals surface area contributed by atoms with Gasteiger partial charge < -0.3 is 5.32 Å². The quantitative estimate of drug-likeness (QED) is 0.825. The number of carbonyl (C=O) groups is 1. The van der Waals surface area contributed by atoms with Gasteiger partial charge in [0.15, 0.2) is 5.15 Å². The second kappa shape index (κ2) is 4.83. The van der Waals surface area contributed by atoms with Crippen LogP contribution in [0, 0.1) is 5.92 Å². The summed E-state index contributed by atoms with van der Waals surface area (Å²) in [6.45, 7) is 0.422.